The molecule has 0 amide bonds. The molecule has 2 heteroatoms. The largest absolute Gasteiger partial charge is 0.455 e. The maximum Gasteiger partial charge on any atom is 0.217 e. The molecule has 2 nitrogen and oxygen atoms in total. The van der Waals surface area contributed by atoms with Crippen LogP contribution >= 0.6 is 0 Å². The molecular weight excluding hydrogens is 486 g/mol. The van der Waals surface area contributed by atoms with Crippen LogP contribution in [0.5, 0.6) is 0 Å². The molecule has 0 atom stereocenters. The first-order valence-electron chi connectivity index (χ1n) is 17.1. The molecule has 0 aliphatic carbocycles. The minimum atomic E-state index is -2.57. The molecule has 40 heavy (non-hydrogen) atoms. The first-order valence-corrected chi connectivity index (χ1v) is 13.6. The Labute approximate surface area is 244 Å². The Morgan fingerprint density at radius 3 is 2.48 bits per heavy atom. The number of pyridine rings is 1. The van der Waals surface area contributed by atoms with Crippen LogP contribution in [0.3, 0.4) is 0 Å². The van der Waals surface area contributed by atoms with E-state index in [1.54, 1.807) is 24.4 Å². The molecule has 3 heterocycles. The summed E-state index contributed by atoms with van der Waals surface area (Å²) in [6, 6.07) is 25.9. The smallest absolute Gasteiger partial charge is 0.217 e. The van der Waals surface area contributed by atoms with Gasteiger partial charge in [-0.2, -0.15) is 4.57 Å². The normalized spacial score (nSPS) is 16.2. The van der Waals surface area contributed by atoms with Crippen LogP contribution in [0.2, 0.25) is 0 Å². The van der Waals surface area contributed by atoms with E-state index in [-0.39, 0.29) is 28.3 Å². The topological polar surface area (TPSA) is 17.0 Å². The minimum absolute atomic E-state index is 0.00976. The van der Waals surface area contributed by atoms with Gasteiger partial charge in [0.2, 0.25) is 5.69 Å². The van der Waals surface area contributed by atoms with Crippen molar-refractivity contribution in [3.05, 3.63) is 113 Å². The second-order valence-electron chi connectivity index (χ2n) is 12.0. The molecule has 0 spiro atoms. The van der Waals surface area contributed by atoms with Crippen molar-refractivity contribution in [1.82, 2.24) is 0 Å². The van der Waals surface area contributed by atoms with Crippen LogP contribution in [0.15, 0.2) is 95.5 Å². The SMILES string of the molecule is [2H]c1cc(C(C)(C)C)cc(C([2H])([2H])[2H])c1-c1cc2[n+](cc1C([2H])([2H])[2H])Cc1ccc3c(oc4cc5c(ccc6ccccc65)cc43)c1-2. The van der Waals surface area contributed by atoms with Gasteiger partial charge in [0.05, 0.1) is 6.93 Å². The molecule has 0 fully saturated rings. The first-order chi connectivity index (χ1) is 22.1. The average molecular weight is 526 g/mol. The number of fused-ring (bicyclic) bond motifs is 10. The summed E-state index contributed by atoms with van der Waals surface area (Å²) < 4.78 is 68.3. The van der Waals surface area contributed by atoms with Crippen LogP contribution in [-0.2, 0) is 12.0 Å². The van der Waals surface area contributed by atoms with Crippen LogP contribution in [0.25, 0.3) is 65.9 Å². The quantitative estimate of drug-likeness (QED) is 0.154. The van der Waals surface area contributed by atoms with Crippen molar-refractivity contribution < 1.29 is 18.6 Å². The standard InChI is InChI=1S/C38H32NO/c1-22-16-27(38(3,4)5)13-15-28(22)31-18-34-36-26(21-39(34)20-23(31)2)12-14-30-33-17-25-11-10-24-8-6-7-9-29(24)32(25)19-35(33)40-37(30)36/h6-20H,21H2,1-5H3/q+1/i1D3,2D3,15D. The lowest BCUT2D eigenvalue weighted by Gasteiger charge is -2.21. The number of rotatable bonds is 1. The molecule has 194 valence electrons. The fourth-order valence-corrected chi connectivity index (χ4v) is 6.28. The lowest BCUT2D eigenvalue weighted by atomic mass is 9.84. The third-order valence-corrected chi connectivity index (χ3v) is 8.43. The molecule has 1 aliphatic heterocycles. The summed E-state index contributed by atoms with van der Waals surface area (Å²) in [5.41, 5.74) is 4.63. The summed E-state index contributed by atoms with van der Waals surface area (Å²) in [4.78, 5) is 0. The molecule has 5 aromatic carbocycles. The highest BCUT2D eigenvalue weighted by Gasteiger charge is 2.32. The highest BCUT2D eigenvalue weighted by Crippen LogP contribution is 2.43. The van der Waals surface area contributed by atoms with E-state index < -0.39 is 19.1 Å². The van der Waals surface area contributed by atoms with Crippen LogP contribution in [0.1, 0.15) is 52.6 Å². The number of aryl methyl sites for hydroxylation is 2. The van der Waals surface area contributed by atoms with Gasteiger partial charge >= 0.3 is 0 Å². The van der Waals surface area contributed by atoms with Gasteiger partial charge in [0.15, 0.2) is 12.7 Å². The van der Waals surface area contributed by atoms with Crippen molar-refractivity contribution in [2.24, 2.45) is 0 Å². The molecule has 0 bridgehead atoms. The molecule has 0 saturated carbocycles. The molecule has 7 aromatic rings. The Hall–Kier alpha value is -4.43. The number of hydrogen-bond acceptors (Lipinski definition) is 1. The van der Waals surface area contributed by atoms with Crippen molar-refractivity contribution in [2.75, 3.05) is 0 Å². The Kier molecular flexibility index (Phi) is 3.48. The lowest BCUT2D eigenvalue weighted by molar-refractivity contribution is -0.672. The van der Waals surface area contributed by atoms with Crippen molar-refractivity contribution >= 4 is 43.5 Å². The monoisotopic (exact) mass is 525 g/mol. The Morgan fingerprint density at radius 1 is 0.775 bits per heavy atom. The predicted molar refractivity (Wildman–Crippen MR) is 167 cm³/mol. The van der Waals surface area contributed by atoms with Crippen LogP contribution in [0.4, 0.5) is 0 Å². The molecule has 0 unspecified atom stereocenters. The van der Waals surface area contributed by atoms with E-state index in [0.717, 1.165) is 54.7 Å². The molecular formula is C38H32NO+. The molecule has 0 saturated heterocycles. The summed E-state index contributed by atoms with van der Waals surface area (Å²) in [5, 5.41) is 6.44. The van der Waals surface area contributed by atoms with Crippen molar-refractivity contribution in [3.63, 3.8) is 0 Å². The van der Waals surface area contributed by atoms with E-state index in [0.29, 0.717) is 17.7 Å². The highest BCUT2D eigenvalue weighted by molar-refractivity contribution is 6.17. The van der Waals surface area contributed by atoms with Crippen molar-refractivity contribution in [2.45, 2.75) is 46.4 Å². The zero-order chi connectivity index (χ0) is 33.2. The van der Waals surface area contributed by atoms with E-state index in [9.17, 15) is 0 Å². The molecule has 2 aromatic heterocycles. The van der Waals surface area contributed by atoms with Crippen LogP contribution < -0.4 is 4.57 Å². The number of furan rings is 1. The van der Waals surface area contributed by atoms with E-state index in [2.05, 4.69) is 48.5 Å². The first kappa shape index (κ1) is 17.3. The van der Waals surface area contributed by atoms with E-state index in [1.165, 1.54) is 0 Å². The van der Waals surface area contributed by atoms with Gasteiger partial charge in [-0.25, -0.2) is 0 Å². The number of nitrogens with zero attached hydrogens (tertiary/aromatic N) is 1. The van der Waals surface area contributed by atoms with Gasteiger partial charge in [0.1, 0.15) is 11.2 Å². The second-order valence-corrected chi connectivity index (χ2v) is 12.0. The number of aromatic nitrogens is 1. The summed E-state index contributed by atoms with van der Waals surface area (Å²) in [6.07, 6.45) is 1.60. The van der Waals surface area contributed by atoms with Gasteiger partial charge in [0, 0.05) is 36.2 Å². The summed E-state index contributed by atoms with van der Waals surface area (Å²) in [7, 11) is 0. The molecule has 1 aliphatic rings. The Morgan fingerprint density at radius 2 is 1.62 bits per heavy atom. The zero-order valence-electron chi connectivity index (χ0n) is 29.6. The predicted octanol–water partition coefficient (Wildman–Crippen LogP) is 9.79. The van der Waals surface area contributed by atoms with Crippen molar-refractivity contribution in [1.29, 1.82) is 0 Å². The molecule has 0 radical (unpaired) electrons. The fourth-order valence-electron chi connectivity index (χ4n) is 6.28. The average Bonchev–Trinajstić information content (AvgIpc) is 3.54. The van der Waals surface area contributed by atoms with E-state index >= 15 is 0 Å². The van der Waals surface area contributed by atoms with Gasteiger partial charge in [0.25, 0.3) is 0 Å². The molecule has 8 rings (SSSR count). The third kappa shape index (κ3) is 3.32. The van der Waals surface area contributed by atoms with Gasteiger partial charge in [-0.3, -0.25) is 0 Å². The summed E-state index contributed by atoms with van der Waals surface area (Å²) in [6.45, 7) is 1.21. The Balaban J connectivity index is 1.42. The Bertz CT molecular complexity index is 2460. The number of hydrogen-bond donors (Lipinski definition) is 0. The fraction of sp³-hybridized carbons (Fsp3) is 0.184. The van der Waals surface area contributed by atoms with Crippen LogP contribution in [-0.4, -0.2) is 0 Å². The van der Waals surface area contributed by atoms with Gasteiger partial charge in [-0.15, -0.1) is 0 Å². The highest BCUT2D eigenvalue weighted by atomic mass is 16.3. The van der Waals surface area contributed by atoms with Crippen LogP contribution in [0, 0.1) is 13.7 Å². The van der Waals surface area contributed by atoms with E-state index in [1.807, 2.05) is 37.5 Å². The molecule has 0 N–H and O–H groups in total. The minimum Gasteiger partial charge on any atom is -0.455 e. The van der Waals surface area contributed by atoms with Gasteiger partial charge in [-0.05, 0) is 81.1 Å². The second kappa shape index (κ2) is 8.05. The van der Waals surface area contributed by atoms with E-state index in [4.69, 9.17) is 14.0 Å². The summed E-state index contributed by atoms with van der Waals surface area (Å²) in [5.74, 6) is 0. The zero-order valence-corrected chi connectivity index (χ0v) is 22.6. The maximum atomic E-state index is 9.07. The maximum absolute atomic E-state index is 9.07. The van der Waals surface area contributed by atoms with Gasteiger partial charge in [-0.1, -0.05) is 81.4 Å². The van der Waals surface area contributed by atoms with Gasteiger partial charge < -0.3 is 4.42 Å². The lowest BCUT2D eigenvalue weighted by Crippen LogP contribution is -2.32. The third-order valence-electron chi connectivity index (χ3n) is 8.43. The summed E-state index contributed by atoms with van der Waals surface area (Å²) >= 11 is 0. The number of benzene rings is 5. The van der Waals surface area contributed by atoms with Crippen molar-refractivity contribution in [3.8, 4) is 22.4 Å².